The van der Waals surface area contributed by atoms with E-state index in [9.17, 15) is 4.39 Å². The molecule has 19 heavy (non-hydrogen) atoms. The second kappa shape index (κ2) is 6.77. The van der Waals surface area contributed by atoms with Gasteiger partial charge in [-0.25, -0.2) is 4.39 Å². The number of thioether (sulfide) groups is 1. The van der Waals surface area contributed by atoms with E-state index >= 15 is 0 Å². The molecule has 0 radical (unpaired) electrons. The normalized spacial score (nSPS) is 12.7. The summed E-state index contributed by atoms with van der Waals surface area (Å²) in [5.41, 5.74) is 6.60. The van der Waals surface area contributed by atoms with Gasteiger partial charge >= 0.3 is 0 Å². The molecule has 1 aromatic rings. The minimum absolute atomic E-state index is 0.0924. The molecule has 0 unspecified atom stereocenters. The summed E-state index contributed by atoms with van der Waals surface area (Å²) in [7, 11) is 0. The maximum atomic E-state index is 13.4. The Morgan fingerprint density at radius 1 is 1.47 bits per heavy atom. The first kappa shape index (κ1) is 15.8. The summed E-state index contributed by atoms with van der Waals surface area (Å²) in [6.45, 7) is 5.62. The van der Waals surface area contributed by atoms with Crippen LogP contribution >= 0.6 is 11.8 Å². The molecule has 0 spiro atoms. The highest BCUT2D eigenvalue weighted by atomic mass is 32.2. The van der Waals surface area contributed by atoms with Crippen LogP contribution in [-0.2, 0) is 6.54 Å². The quantitative estimate of drug-likeness (QED) is 0.324. The highest BCUT2D eigenvalue weighted by Gasteiger charge is 2.15. The Bertz CT molecular complexity index is 463. The van der Waals surface area contributed by atoms with Crippen molar-refractivity contribution in [3.63, 3.8) is 0 Å². The number of oxime groups is 1. The van der Waals surface area contributed by atoms with E-state index in [4.69, 9.17) is 10.9 Å². The first-order valence-electron chi connectivity index (χ1n) is 5.91. The standard InChI is InChI=1S/C13H20FN3OS/c1-13(2,19-3)8-16-7-9-4-10(12(15)17-18)6-11(14)5-9/h4-6,16,18H,7-8H2,1-3H3,(H2,15,17). The maximum Gasteiger partial charge on any atom is 0.170 e. The van der Waals surface area contributed by atoms with Gasteiger partial charge in [-0.1, -0.05) is 5.16 Å². The van der Waals surface area contributed by atoms with Gasteiger partial charge < -0.3 is 16.3 Å². The van der Waals surface area contributed by atoms with Crippen molar-refractivity contribution in [1.82, 2.24) is 5.32 Å². The lowest BCUT2D eigenvalue weighted by Crippen LogP contribution is -2.31. The first-order valence-corrected chi connectivity index (χ1v) is 7.13. The zero-order chi connectivity index (χ0) is 14.5. The molecule has 0 fully saturated rings. The third-order valence-corrected chi connectivity index (χ3v) is 4.04. The molecule has 0 heterocycles. The third kappa shape index (κ3) is 5.08. The van der Waals surface area contributed by atoms with Crippen LogP contribution < -0.4 is 11.1 Å². The molecule has 0 amide bonds. The minimum atomic E-state index is -0.398. The second-order valence-corrected chi connectivity index (χ2v) is 6.41. The minimum Gasteiger partial charge on any atom is -0.409 e. The highest BCUT2D eigenvalue weighted by Crippen LogP contribution is 2.19. The van der Waals surface area contributed by atoms with Crippen molar-refractivity contribution in [2.45, 2.75) is 25.1 Å². The Morgan fingerprint density at radius 2 is 2.16 bits per heavy atom. The number of benzene rings is 1. The maximum absolute atomic E-state index is 13.4. The van der Waals surface area contributed by atoms with Gasteiger partial charge in [0.25, 0.3) is 0 Å². The zero-order valence-corrected chi connectivity index (χ0v) is 12.2. The van der Waals surface area contributed by atoms with Gasteiger partial charge in [-0.2, -0.15) is 11.8 Å². The summed E-state index contributed by atoms with van der Waals surface area (Å²) in [4.78, 5) is 0. The van der Waals surface area contributed by atoms with Gasteiger partial charge in [0.2, 0.25) is 0 Å². The van der Waals surface area contributed by atoms with Crippen molar-refractivity contribution in [2.75, 3.05) is 12.8 Å². The van der Waals surface area contributed by atoms with Crippen molar-refractivity contribution < 1.29 is 9.60 Å². The predicted octanol–water partition coefficient (Wildman–Crippen LogP) is 2.15. The van der Waals surface area contributed by atoms with Gasteiger partial charge in [0, 0.05) is 23.4 Å². The van der Waals surface area contributed by atoms with Crippen LogP contribution in [-0.4, -0.2) is 28.6 Å². The molecule has 1 rings (SSSR count). The van der Waals surface area contributed by atoms with Crippen molar-refractivity contribution >= 4 is 17.6 Å². The average Bonchev–Trinajstić information content (AvgIpc) is 2.37. The van der Waals surface area contributed by atoms with E-state index in [2.05, 4.69) is 30.6 Å². The lowest BCUT2D eigenvalue weighted by atomic mass is 10.1. The predicted molar refractivity (Wildman–Crippen MR) is 78.2 cm³/mol. The number of halogens is 1. The second-order valence-electron chi connectivity index (χ2n) is 4.90. The van der Waals surface area contributed by atoms with Crippen molar-refractivity contribution in [3.05, 3.63) is 35.1 Å². The van der Waals surface area contributed by atoms with Crippen LogP contribution in [0.25, 0.3) is 0 Å². The molecule has 0 aromatic heterocycles. The Balaban J connectivity index is 2.72. The van der Waals surface area contributed by atoms with Crippen LogP contribution in [0.15, 0.2) is 23.4 Å². The van der Waals surface area contributed by atoms with Gasteiger partial charge in [-0.05, 0) is 43.9 Å². The number of nitrogens with zero attached hydrogens (tertiary/aromatic N) is 1. The third-order valence-electron chi connectivity index (χ3n) is 2.79. The van der Waals surface area contributed by atoms with Crippen LogP contribution in [0.5, 0.6) is 0 Å². The molecule has 1 aromatic carbocycles. The molecule has 6 heteroatoms. The fraction of sp³-hybridized carbons (Fsp3) is 0.462. The van der Waals surface area contributed by atoms with Gasteiger partial charge in [0.15, 0.2) is 5.84 Å². The fourth-order valence-electron chi connectivity index (χ4n) is 1.54. The van der Waals surface area contributed by atoms with E-state index in [1.54, 1.807) is 17.8 Å². The molecule has 0 bridgehead atoms. The molecule has 0 saturated carbocycles. The van der Waals surface area contributed by atoms with E-state index < -0.39 is 5.82 Å². The van der Waals surface area contributed by atoms with E-state index in [0.29, 0.717) is 12.1 Å². The Kier molecular flexibility index (Phi) is 5.62. The van der Waals surface area contributed by atoms with E-state index in [1.165, 1.54) is 12.1 Å². The van der Waals surface area contributed by atoms with Crippen LogP contribution in [0.2, 0.25) is 0 Å². The van der Waals surface area contributed by atoms with Crippen LogP contribution in [0.4, 0.5) is 4.39 Å². The van der Waals surface area contributed by atoms with E-state index in [0.717, 1.165) is 12.1 Å². The topological polar surface area (TPSA) is 70.6 Å². The SMILES string of the molecule is CSC(C)(C)CNCc1cc(F)cc(/C(N)=N/O)c1. The van der Waals surface area contributed by atoms with Crippen molar-refractivity contribution in [1.29, 1.82) is 0 Å². The van der Waals surface area contributed by atoms with Crippen molar-refractivity contribution in [2.24, 2.45) is 10.9 Å². The summed E-state index contributed by atoms with van der Waals surface area (Å²) >= 11 is 1.77. The molecule has 4 nitrogen and oxygen atoms in total. The Labute approximate surface area is 117 Å². The van der Waals surface area contributed by atoms with Gasteiger partial charge in [0.05, 0.1) is 0 Å². The van der Waals surface area contributed by atoms with Crippen LogP contribution in [0.1, 0.15) is 25.0 Å². The van der Waals surface area contributed by atoms with Crippen molar-refractivity contribution in [3.8, 4) is 0 Å². The first-order chi connectivity index (χ1) is 8.88. The molecular formula is C13H20FN3OS. The van der Waals surface area contributed by atoms with E-state index in [1.807, 2.05) is 0 Å². The molecule has 106 valence electrons. The number of hydrogen-bond acceptors (Lipinski definition) is 4. The van der Waals surface area contributed by atoms with Gasteiger partial charge in [0.1, 0.15) is 5.82 Å². The summed E-state index contributed by atoms with van der Waals surface area (Å²) in [6.07, 6.45) is 2.06. The molecule has 0 aliphatic heterocycles. The number of hydrogen-bond donors (Lipinski definition) is 3. The van der Waals surface area contributed by atoms with Crippen LogP contribution in [0, 0.1) is 5.82 Å². The fourth-order valence-corrected chi connectivity index (χ4v) is 1.78. The molecule has 4 N–H and O–H groups in total. The van der Waals surface area contributed by atoms with Gasteiger partial charge in [-0.3, -0.25) is 0 Å². The zero-order valence-electron chi connectivity index (χ0n) is 11.4. The molecule has 0 aliphatic rings. The Hall–Kier alpha value is -1.27. The smallest absolute Gasteiger partial charge is 0.170 e. The largest absolute Gasteiger partial charge is 0.409 e. The monoisotopic (exact) mass is 285 g/mol. The molecule has 0 aliphatic carbocycles. The highest BCUT2D eigenvalue weighted by molar-refractivity contribution is 7.99. The van der Waals surface area contributed by atoms with E-state index in [-0.39, 0.29) is 10.6 Å². The summed E-state index contributed by atoms with van der Waals surface area (Å²) in [5.74, 6) is -0.491. The summed E-state index contributed by atoms with van der Waals surface area (Å²) in [6, 6.07) is 4.38. The molecular weight excluding hydrogens is 265 g/mol. The van der Waals surface area contributed by atoms with Crippen LogP contribution in [0.3, 0.4) is 0 Å². The lowest BCUT2D eigenvalue weighted by molar-refractivity contribution is 0.318. The summed E-state index contributed by atoms with van der Waals surface area (Å²) in [5, 5.41) is 14.8. The average molecular weight is 285 g/mol. The molecule has 0 atom stereocenters. The Morgan fingerprint density at radius 3 is 2.74 bits per heavy atom. The number of nitrogens with two attached hydrogens (primary N) is 1. The number of nitrogens with one attached hydrogen (secondary N) is 1. The summed E-state index contributed by atoms with van der Waals surface area (Å²) < 4.78 is 13.6. The number of amidine groups is 1. The number of rotatable bonds is 6. The van der Waals surface area contributed by atoms with Gasteiger partial charge in [-0.15, -0.1) is 0 Å². The lowest BCUT2D eigenvalue weighted by Gasteiger charge is -2.22. The molecule has 0 saturated heterocycles.